The molecule has 4 heteroatoms. The van der Waals surface area contributed by atoms with Crippen molar-refractivity contribution in [3.8, 4) is 11.5 Å². The van der Waals surface area contributed by atoms with Gasteiger partial charge in [-0.3, -0.25) is 4.98 Å². The van der Waals surface area contributed by atoms with E-state index in [1.165, 1.54) is 5.56 Å². The summed E-state index contributed by atoms with van der Waals surface area (Å²) in [5, 5.41) is 3.38. The molecule has 0 atom stereocenters. The molecule has 112 valence electrons. The van der Waals surface area contributed by atoms with Crippen molar-refractivity contribution in [3.05, 3.63) is 53.9 Å². The van der Waals surface area contributed by atoms with Crippen LogP contribution in [0.5, 0.6) is 11.5 Å². The summed E-state index contributed by atoms with van der Waals surface area (Å²) in [5.74, 6) is 1.73. The van der Waals surface area contributed by atoms with Crippen molar-refractivity contribution in [2.24, 2.45) is 0 Å². The molecule has 4 nitrogen and oxygen atoms in total. The summed E-state index contributed by atoms with van der Waals surface area (Å²) in [4.78, 5) is 4.33. The molecule has 0 bridgehead atoms. The van der Waals surface area contributed by atoms with E-state index in [0.717, 1.165) is 36.8 Å². The molecule has 0 aliphatic heterocycles. The van der Waals surface area contributed by atoms with Crippen LogP contribution in [0.4, 0.5) is 0 Å². The lowest BCUT2D eigenvalue weighted by atomic mass is 10.2. The Balaban J connectivity index is 1.88. The third-order valence-corrected chi connectivity index (χ3v) is 3.06. The van der Waals surface area contributed by atoms with Gasteiger partial charge in [0.1, 0.15) is 11.5 Å². The van der Waals surface area contributed by atoms with E-state index in [4.69, 9.17) is 9.47 Å². The van der Waals surface area contributed by atoms with Gasteiger partial charge in [-0.05, 0) is 36.2 Å². The Labute approximate surface area is 126 Å². The first-order valence-electron chi connectivity index (χ1n) is 7.24. The summed E-state index contributed by atoms with van der Waals surface area (Å²) in [5.41, 5.74) is 2.11. The van der Waals surface area contributed by atoms with E-state index in [0.29, 0.717) is 6.54 Å². The van der Waals surface area contributed by atoms with Gasteiger partial charge in [-0.15, -0.1) is 0 Å². The average molecular weight is 286 g/mol. The molecule has 21 heavy (non-hydrogen) atoms. The summed E-state index contributed by atoms with van der Waals surface area (Å²) in [6.07, 6.45) is 2.79. The first-order chi connectivity index (χ1) is 10.3. The molecule has 1 heterocycles. The van der Waals surface area contributed by atoms with Crippen LogP contribution < -0.4 is 14.8 Å². The highest BCUT2D eigenvalue weighted by Crippen LogP contribution is 2.15. The minimum absolute atomic E-state index is 0.671. The normalized spacial score (nSPS) is 10.4. The van der Waals surface area contributed by atoms with Gasteiger partial charge >= 0.3 is 0 Å². The van der Waals surface area contributed by atoms with Crippen LogP contribution in [-0.4, -0.2) is 18.7 Å². The van der Waals surface area contributed by atoms with Gasteiger partial charge in [0.2, 0.25) is 0 Å². The molecule has 0 saturated carbocycles. The largest absolute Gasteiger partial charge is 0.495 e. The molecule has 0 saturated heterocycles. The van der Waals surface area contributed by atoms with Gasteiger partial charge in [-0.25, -0.2) is 0 Å². The molecule has 0 unspecified atom stereocenters. The second-order valence-electron chi connectivity index (χ2n) is 4.75. The van der Waals surface area contributed by atoms with Gasteiger partial charge in [0, 0.05) is 19.3 Å². The number of pyridine rings is 1. The van der Waals surface area contributed by atoms with Gasteiger partial charge < -0.3 is 14.8 Å². The van der Waals surface area contributed by atoms with Crippen molar-refractivity contribution in [2.75, 3.05) is 13.7 Å². The first-order valence-corrected chi connectivity index (χ1v) is 7.24. The van der Waals surface area contributed by atoms with Crippen molar-refractivity contribution >= 4 is 0 Å². The van der Waals surface area contributed by atoms with Crippen LogP contribution in [0.1, 0.15) is 24.6 Å². The number of hydrogen-bond acceptors (Lipinski definition) is 4. The monoisotopic (exact) mass is 286 g/mol. The smallest absolute Gasteiger partial charge is 0.141 e. The van der Waals surface area contributed by atoms with Gasteiger partial charge in [0.05, 0.1) is 19.4 Å². The average Bonchev–Trinajstić information content (AvgIpc) is 2.54. The number of ether oxygens (including phenoxy) is 2. The number of nitrogens with zero attached hydrogens (tertiary/aromatic N) is 1. The SMILES string of the molecule is CCCOc1cccc(CNCc2ncccc2OC)c1. The lowest BCUT2D eigenvalue weighted by Gasteiger charge is -2.10. The molecule has 0 aliphatic rings. The van der Waals surface area contributed by atoms with Gasteiger partial charge in [-0.1, -0.05) is 19.1 Å². The fraction of sp³-hybridized carbons (Fsp3) is 0.353. The number of hydrogen-bond donors (Lipinski definition) is 1. The molecular formula is C17H22N2O2. The zero-order valence-electron chi connectivity index (χ0n) is 12.6. The van der Waals surface area contributed by atoms with E-state index in [1.54, 1.807) is 13.3 Å². The van der Waals surface area contributed by atoms with E-state index in [1.807, 2.05) is 24.3 Å². The fourth-order valence-electron chi connectivity index (χ4n) is 2.03. The summed E-state index contributed by atoms with van der Waals surface area (Å²) >= 11 is 0. The maximum absolute atomic E-state index is 5.64. The summed E-state index contributed by atoms with van der Waals surface area (Å²) in [7, 11) is 1.66. The Morgan fingerprint density at radius 2 is 2.05 bits per heavy atom. The zero-order valence-corrected chi connectivity index (χ0v) is 12.6. The predicted molar refractivity (Wildman–Crippen MR) is 83.6 cm³/mol. The highest BCUT2D eigenvalue weighted by molar-refractivity contribution is 5.29. The molecule has 1 aromatic carbocycles. The molecular weight excluding hydrogens is 264 g/mol. The van der Waals surface area contributed by atoms with Crippen LogP contribution in [0.2, 0.25) is 0 Å². The number of rotatable bonds is 8. The Morgan fingerprint density at radius 1 is 1.14 bits per heavy atom. The second-order valence-corrected chi connectivity index (χ2v) is 4.75. The first kappa shape index (κ1) is 15.3. The summed E-state index contributed by atoms with van der Waals surface area (Å²) in [6.45, 7) is 4.29. The molecule has 0 amide bonds. The molecule has 0 fully saturated rings. The number of aromatic nitrogens is 1. The fourth-order valence-corrected chi connectivity index (χ4v) is 2.03. The number of benzene rings is 1. The zero-order chi connectivity index (χ0) is 14.9. The number of nitrogens with one attached hydrogen (secondary N) is 1. The van der Waals surface area contributed by atoms with E-state index in [-0.39, 0.29) is 0 Å². The molecule has 1 aromatic heterocycles. The Kier molecular flexibility index (Phi) is 6.03. The van der Waals surface area contributed by atoms with Crippen molar-refractivity contribution in [1.82, 2.24) is 10.3 Å². The van der Waals surface area contributed by atoms with Crippen molar-refractivity contribution in [1.29, 1.82) is 0 Å². The lowest BCUT2D eigenvalue weighted by Crippen LogP contribution is -2.14. The molecule has 0 radical (unpaired) electrons. The van der Waals surface area contributed by atoms with Crippen molar-refractivity contribution < 1.29 is 9.47 Å². The van der Waals surface area contributed by atoms with E-state index >= 15 is 0 Å². The lowest BCUT2D eigenvalue weighted by molar-refractivity contribution is 0.317. The van der Waals surface area contributed by atoms with Crippen LogP contribution in [0.3, 0.4) is 0 Å². The molecule has 1 N–H and O–H groups in total. The minimum atomic E-state index is 0.671. The molecule has 0 spiro atoms. The van der Waals surface area contributed by atoms with Crippen LogP contribution in [0.15, 0.2) is 42.6 Å². The Morgan fingerprint density at radius 3 is 2.86 bits per heavy atom. The van der Waals surface area contributed by atoms with Crippen LogP contribution in [-0.2, 0) is 13.1 Å². The molecule has 2 aromatic rings. The van der Waals surface area contributed by atoms with E-state index < -0.39 is 0 Å². The van der Waals surface area contributed by atoms with Gasteiger partial charge in [0.15, 0.2) is 0 Å². The Hall–Kier alpha value is -2.07. The van der Waals surface area contributed by atoms with Crippen molar-refractivity contribution in [3.63, 3.8) is 0 Å². The topological polar surface area (TPSA) is 43.4 Å². The highest BCUT2D eigenvalue weighted by atomic mass is 16.5. The molecule has 0 aliphatic carbocycles. The number of methoxy groups -OCH3 is 1. The third kappa shape index (κ3) is 4.76. The summed E-state index contributed by atoms with van der Waals surface area (Å²) < 4.78 is 10.9. The van der Waals surface area contributed by atoms with Crippen molar-refractivity contribution in [2.45, 2.75) is 26.4 Å². The maximum Gasteiger partial charge on any atom is 0.141 e. The van der Waals surface area contributed by atoms with Crippen LogP contribution in [0.25, 0.3) is 0 Å². The quantitative estimate of drug-likeness (QED) is 0.809. The van der Waals surface area contributed by atoms with Gasteiger partial charge in [-0.2, -0.15) is 0 Å². The predicted octanol–water partition coefficient (Wildman–Crippen LogP) is 3.17. The molecule has 2 rings (SSSR count). The van der Waals surface area contributed by atoms with E-state index in [2.05, 4.69) is 29.4 Å². The van der Waals surface area contributed by atoms with Crippen LogP contribution in [0, 0.1) is 0 Å². The summed E-state index contributed by atoms with van der Waals surface area (Å²) in [6, 6.07) is 11.9. The highest BCUT2D eigenvalue weighted by Gasteiger charge is 2.03. The standard InChI is InChI=1S/C17H22N2O2/c1-3-10-21-15-7-4-6-14(11-15)12-18-13-16-17(20-2)8-5-9-19-16/h4-9,11,18H,3,10,12-13H2,1-2H3. The van der Waals surface area contributed by atoms with Crippen LogP contribution >= 0.6 is 0 Å². The van der Waals surface area contributed by atoms with E-state index in [9.17, 15) is 0 Å². The third-order valence-electron chi connectivity index (χ3n) is 3.06. The maximum atomic E-state index is 5.64. The Bertz CT molecular complexity index is 558. The van der Waals surface area contributed by atoms with Gasteiger partial charge in [0.25, 0.3) is 0 Å². The second kappa shape index (κ2) is 8.27. The minimum Gasteiger partial charge on any atom is -0.495 e.